The molecule has 0 aliphatic heterocycles. The van der Waals surface area contributed by atoms with E-state index in [1.807, 2.05) is 0 Å². The van der Waals surface area contributed by atoms with E-state index in [0.29, 0.717) is 25.7 Å². The van der Waals surface area contributed by atoms with Crippen LogP contribution in [0.5, 0.6) is 0 Å². The summed E-state index contributed by atoms with van der Waals surface area (Å²) in [6, 6.07) is 0. The van der Waals surface area contributed by atoms with E-state index in [-0.39, 0.29) is 56.6 Å². The van der Waals surface area contributed by atoms with Crippen molar-refractivity contribution in [3.05, 3.63) is 12.2 Å². The van der Waals surface area contributed by atoms with Crippen LogP contribution in [-0.4, -0.2) is 75.8 Å². The molecule has 0 amide bonds. The van der Waals surface area contributed by atoms with Crippen LogP contribution in [-0.2, 0) is 23.9 Å². The molecule has 1 rings (SSSR count). The number of ether oxygens (including phenoxy) is 2. The Morgan fingerprint density at radius 2 is 1.06 bits per heavy atom. The average Bonchev–Trinajstić information content (AvgIpc) is 3.40. The lowest BCUT2D eigenvalue weighted by atomic mass is 9.87. The van der Waals surface area contributed by atoms with Crippen molar-refractivity contribution in [2.75, 3.05) is 13.2 Å². The van der Waals surface area contributed by atoms with Gasteiger partial charge in [-0.05, 0) is 31.6 Å². The normalized spacial score (nSPS) is 19.8. The molecule has 0 radical (unpaired) electrons. The van der Waals surface area contributed by atoms with Crippen LogP contribution in [0.3, 0.4) is 0 Å². The zero-order valence-corrected chi connectivity index (χ0v) is 34.7. The van der Waals surface area contributed by atoms with Crippen LogP contribution in [0.4, 0.5) is 0 Å². The Labute approximate surface area is 329 Å². The van der Waals surface area contributed by atoms with Crippen molar-refractivity contribution in [2.45, 2.75) is 225 Å². The molecule has 1 fully saturated rings. The fourth-order valence-corrected chi connectivity index (χ4v) is 7.44. The first-order valence-corrected chi connectivity index (χ1v) is 22.3. The minimum Gasteiger partial charge on any atom is -0.463 e. The van der Waals surface area contributed by atoms with Gasteiger partial charge in [0.1, 0.15) is 25.1 Å². The fraction of sp³-hybridized carbons (Fsp3) is 0.889. The van der Waals surface area contributed by atoms with Gasteiger partial charge >= 0.3 is 11.9 Å². The molecule has 6 atom stereocenters. The highest BCUT2D eigenvalue weighted by Crippen LogP contribution is 2.36. The summed E-state index contributed by atoms with van der Waals surface area (Å²) in [6.07, 6.45) is 27.6. The van der Waals surface area contributed by atoms with Crippen LogP contribution in [0.15, 0.2) is 12.2 Å². The van der Waals surface area contributed by atoms with Crippen molar-refractivity contribution in [2.24, 2.45) is 17.8 Å². The van der Waals surface area contributed by atoms with Crippen LogP contribution >= 0.6 is 0 Å². The first kappa shape index (κ1) is 50.2. The average molecular weight is 767 g/mol. The van der Waals surface area contributed by atoms with Gasteiger partial charge in [0.2, 0.25) is 0 Å². The van der Waals surface area contributed by atoms with Crippen molar-refractivity contribution in [1.29, 1.82) is 0 Å². The number of hydrogen-bond acceptors (Lipinski definition) is 9. The van der Waals surface area contributed by atoms with Gasteiger partial charge in [-0.2, -0.15) is 0 Å². The Balaban J connectivity index is 2.00. The van der Waals surface area contributed by atoms with E-state index in [2.05, 4.69) is 20.8 Å². The number of carbonyl (C=O) groups excluding carboxylic acids is 3. The largest absolute Gasteiger partial charge is 0.463 e. The minimum absolute atomic E-state index is 0.0412. The Morgan fingerprint density at radius 1 is 0.611 bits per heavy atom. The van der Waals surface area contributed by atoms with Crippen LogP contribution in [0, 0.1) is 17.8 Å². The van der Waals surface area contributed by atoms with Gasteiger partial charge in [0, 0.05) is 43.9 Å². The van der Waals surface area contributed by atoms with E-state index in [4.69, 9.17) is 9.47 Å². The van der Waals surface area contributed by atoms with Gasteiger partial charge in [0.25, 0.3) is 0 Å². The van der Waals surface area contributed by atoms with Crippen LogP contribution < -0.4 is 0 Å². The summed E-state index contributed by atoms with van der Waals surface area (Å²) in [7, 11) is 0. The first-order valence-electron chi connectivity index (χ1n) is 22.3. The molecule has 0 aromatic carbocycles. The molecule has 316 valence electrons. The molecule has 1 aliphatic carbocycles. The number of aliphatic hydroxyl groups excluding tert-OH is 4. The summed E-state index contributed by atoms with van der Waals surface area (Å²) in [5, 5.41) is 41.2. The van der Waals surface area contributed by atoms with Gasteiger partial charge in [0.05, 0.1) is 18.3 Å². The molecule has 0 aromatic heterocycles. The van der Waals surface area contributed by atoms with Crippen LogP contribution in [0.1, 0.15) is 201 Å². The molecule has 0 unspecified atom stereocenters. The maximum atomic E-state index is 12.7. The summed E-state index contributed by atoms with van der Waals surface area (Å²) in [4.78, 5) is 36.8. The SMILES string of the molecule is CCCCC[C@H](O)/C=C/[C@@H]1[C@@H](CC(=O)CCCCC(=O)OC[C@@H](O)COC(=O)CCCCCCCCCCCCCCCCCCC(C)C)[C@@H](O)C[C@H]1O. The number of hydrogen-bond donors (Lipinski definition) is 4. The summed E-state index contributed by atoms with van der Waals surface area (Å²) < 4.78 is 10.3. The highest BCUT2D eigenvalue weighted by Gasteiger charge is 2.41. The maximum absolute atomic E-state index is 12.7. The Bertz CT molecular complexity index is 967. The highest BCUT2D eigenvalue weighted by molar-refractivity contribution is 5.79. The lowest BCUT2D eigenvalue weighted by Crippen LogP contribution is -2.25. The number of rotatable bonds is 36. The first-order chi connectivity index (χ1) is 26.0. The number of esters is 2. The predicted octanol–water partition coefficient (Wildman–Crippen LogP) is 9.49. The van der Waals surface area contributed by atoms with Crippen LogP contribution in [0.2, 0.25) is 0 Å². The van der Waals surface area contributed by atoms with Gasteiger partial charge in [-0.3, -0.25) is 14.4 Å². The smallest absolute Gasteiger partial charge is 0.305 e. The molecule has 0 bridgehead atoms. The third-order valence-corrected chi connectivity index (χ3v) is 10.9. The zero-order valence-electron chi connectivity index (χ0n) is 34.7. The molecule has 4 N–H and O–H groups in total. The third kappa shape index (κ3) is 27.7. The molecular formula is C45H82O9. The Morgan fingerprint density at radius 3 is 1.56 bits per heavy atom. The van der Waals surface area contributed by atoms with E-state index in [1.54, 1.807) is 12.2 Å². The molecule has 9 heteroatoms. The third-order valence-electron chi connectivity index (χ3n) is 10.9. The molecule has 9 nitrogen and oxygen atoms in total. The van der Waals surface area contributed by atoms with Gasteiger partial charge in [-0.1, -0.05) is 155 Å². The topological polar surface area (TPSA) is 151 Å². The maximum Gasteiger partial charge on any atom is 0.305 e. The Hall–Kier alpha value is -1.81. The number of ketones is 1. The van der Waals surface area contributed by atoms with E-state index in [0.717, 1.165) is 44.4 Å². The van der Waals surface area contributed by atoms with Crippen molar-refractivity contribution in [3.8, 4) is 0 Å². The quantitative estimate of drug-likeness (QED) is 0.0278. The molecule has 0 saturated heterocycles. The van der Waals surface area contributed by atoms with Crippen LogP contribution in [0.25, 0.3) is 0 Å². The summed E-state index contributed by atoms with van der Waals surface area (Å²) >= 11 is 0. The second-order valence-electron chi connectivity index (χ2n) is 16.6. The van der Waals surface area contributed by atoms with Crippen molar-refractivity contribution >= 4 is 17.7 Å². The monoisotopic (exact) mass is 767 g/mol. The van der Waals surface area contributed by atoms with Gasteiger partial charge < -0.3 is 29.9 Å². The molecule has 1 saturated carbocycles. The van der Waals surface area contributed by atoms with E-state index in [9.17, 15) is 34.8 Å². The molecule has 54 heavy (non-hydrogen) atoms. The van der Waals surface area contributed by atoms with E-state index in [1.165, 1.54) is 89.9 Å². The van der Waals surface area contributed by atoms with Crippen molar-refractivity contribution in [1.82, 2.24) is 0 Å². The second-order valence-corrected chi connectivity index (χ2v) is 16.6. The van der Waals surface area contributed by atoms with Gasteiger partial charge in [0.15, 0.2) is 0 Å². The number of aliphatic hydroxyl groups is 4. The van der Waals surface area contributed by atoms with Gasteiger partial charge in [-0.25, -0.2) is 0 Å². The predicted molar refractivity (Wildman–Crippen MR) is 217 cm³/mol. The minimum atomic E-state index is -1.09. The molecule has 0 aromatic rings. The number of Topliss-reactive ketones (excluding diaryl/α,β-unsaturated/α-hetero) is 1. The summed E-state index contributed by atoms with van der Waals surface area (Å²) in [5.41, 5.74) is 0. The molecule has 0 heterocycles. The van der Waals surface area contributed by atoms with Crippen molar-refractivity contribution in [3.63, 3.8) is 0 Å². The van der Waals surface area contributed by atoms with E-state index >= 15 is 0 Å². The lowest BCUT2D eigenvalue weighted by molar-refractivity contribution is -0.152. The summed E-state index contributed by atoms with van der Waals surface area (Å²) in [6.45, 7) is 6.25. The lowest BCUT2D eigenvalue weighted by Gasteiger charge is -2.20. The highest BCUT2D eigenvalue weighted by atomic mass is 16.6. The summed E-state index contributed by atoms with van der Waals surface area (Å²) in [5.74, 6) is -0.823. The zero-order chi connectivity index (χ0) is 39.8. The molecular weight excluding hydrogens is 684 g/mol. The standard InChI is InChI=1S/C45H82O9/c1-4-5-20-26-37(46)30-31-40-41(43(50)33-42(40)49)32-38(47)27-23-24-29-45(52)54-35-39(48)34-53-44(51)28-22-19-17-15-13-11-9-7-6-8-10-12-14-16-18-21-25-36(2)3/h30-31,36-37,39-43,46,48-50H,4-29,32-35H2,1-3H3/b31-30+/t37-,39-,40+,41+,42+,43-/m0/s1. The molecule has 1 aliphatic rings. The fourth-order valence-electron chi connectivity index (χ4n) is 7.44. The van der Waals surface area contributed by atoms with Gasteiger partial charge in [-0.15, -0.1) is 0 Å². The number of carbonyl (C=O) groups is 3. The number of unbranched alkanes of at least 4 members (excludes halogenated alkanes) is 18. The van der Waals surface area contributed by atoms with Crippen molar-refractivity contribution < 1.29 is 44.3 Å². The van der Waals surface area contributed by atoms with E-state index < -0.39 is 36.3 Å². The molecule has 0 spiro atoms. The Kier molecular flexibility index (Phi) is 31.0. The second kappa shape index (κ2) is 33.3.